The van der Waals surface area contributed by atoms with Gasteiger partial charge in [-0.25, -0.2) is 13.1 Å². The normalized spacial score (nSPS) is 28.8. The Hall–Kier alpha value is -1.63. The van der Waals surface area contributed by atoms with Crippen molar-refractivity contribution in [1.82, 2.24) is 9.78 Å². The third-order valence-electron chi connectivity index (χ3n) is 5.20. The topological polar surface area (TPSA) is 81.1 Å². The lowest BCUT2D eigenvalue weighted by molar-refractivity contribution is -0.120. The smallest absolute Gasteiger partial charge is 0.228 e. The van der Waals surface area contributed by atoms with Crippen molar-refractivity contribution in [1.29, 1.82) is 0 Å². The molecule has 7 heteroatoms. The first-order valence-electron chi connectivity index (χ1n) is 8.77. The molecule has 0 radical (unpaired) electrons. The predicted octanol–water partition coefficient (Wildman–Crippen LogP) is 2.41. The quantitative estimate of drug-likeness (QED) is 0.847. The first-order chi connectivity index (χ1) is 11.5. The van der Waals surface area contributed by atoms with Crippen LogP contribution in [0.4, 0.5) is 5.82 Å². The number of hydrogen-bond acceptors (Lipinski definition) is 4. The number of nitrogens with zero attached hydrogens (tertiary/aromatic N) is 2. The highest BCUT2D eigenvalue weighted by Crippen LogP contribution is 2.41. The van der Waals surface area contributed by atoms with Crippen LogP contribution in [0.2, 0.25) is 0 Å². The summed E-state index contributed by atoms with van der Waals surface area (Å²) >= 11 is 0. The molecule has 1 amide bonds. The fourth-order valence-corrected chi connectivity index (χ4v) is 5.28. The Bertz CT molecular complexity index is 777. The molecule has 0 bridgehead atoms. The first kappa shape index (κ1) is 15.9. The molecule has 4 rings (SSSR count). The molecule has 6 nitrogen and oxygen atoms in total. The maximum Gasteiger partial charge on any atom is 0.228 e. The Morgan fingerprint density at radius 2 is 2.04 bits per heavy atom. The van der Waals surface area contributed by atoms with Crippen LogP contribution in [0.15, 0.2) is 18.2 Å². The van der Waals surface area contributed by atoms with Gasteiger partial charge in [-0.05, 0) is 38.5 Å². The third-order valence-corrected chi connectivity index (χ3v) is 6.95. The first-order valence-corrected chi connectivity index (χ1v) is 10.6. The average Bonchev–Trinajstić information content (AvgIpc) is 3.24. The standard InChI is InChI=1S/C17H23N3O3S/c21-17(13-4-2-1-3-5-13)18-16-10-15(12-6-7-12)19-20(16)14-8-9-24(22,23)11-14/h1-2,10,12-14H,3-9,11H2,(H,18,21). The van der Waals surface area contributed by atoms with E-state index in [1.165, 1.54) is 0 Å². The van der Waals surface area contributed by atoms with Crippen molar-refractivity contribution >= 4 is 21.6 Å². The lowest BCUT2D eigenvalue weighted by Gasteiger charge is -2.19. The van der Waals surface area contributed by atoms with E-state index in [1.807, 2.05) is 6.07 Å². The van der Waals surface area contributed by atoms with Gasteiger partial charge in [0.1, 0.15) is 5.82 Å². The van der Waals surface area contributed by atoms with E-state index in [0.29, 0.717) is 18.2 Å². The number of aromatic nitrogens is 2. The Morgan fingerprint density at radius 1 is 1.21 bits per heavy atom. The number of carbonyl (C=O) groups excluding carboxylic acids is 1. The van der Waals surface area contributed by atoms with Gasteiger partial charge >= 0.3 is 0 Å². The molecule has 0 aromatic carbocycles. The molecule has 1 saturated carbocycles. The SMILES string of the molecule is O=C(Nc1cc(C2CC2)nn1C1CCS(=O)(=O)C1)C1CC=CCC1. The van der Waals surface area contributed by atoms with Gasteiger partial charge in [0.15, 0.2) is 9.84 Å². The number of hydrogen-bond donors (Lipinski definition) is 1. The number of sulfone groups is 1. The molecule has 130 valence electrons. The van der Waals surface area contributed by atoms with E-state index in [2.05, 4.69) is 22.6 Å². The van der Waals surface area contributed by atoms with Crippen molar-refractivity contribution in [3.63, 3.8) is 0 Å². The van der Waals surface area contributed by atoms with Crippen LogP contribution in [-0.2, 0) is 14.6 Å². The molecule has 1 aliphatic heterocycles. The molecule has 1 aromatic heterocycles. The molecule has 2 aliphatic carbocycles. The minimum absolute atomic E-state index is 0.00460. The van der Waals surface area contributed by atoms with Crippen molar-refractivity contribution < 1.29 is 13.2 Å². The summed E-state index contributed by atoms with van der Waals surface area (Å²) in [4.78, 5) is 12.6. The highest BCUT2D eigenvalue weighted by atomic mass is 32.2. The number of amides is 1. The predicted molar refractivity (Wildman–Crippen MR) is 91.6 cm³/mol. The van der Waals surface area contributed by atoms with Crippen molar-refractivity contribution in [2.24, 2.45) is 5.92 Å². The van der Waals surface area contributed by atoms with E-state index in [9.17, 15) is 13.2 Å². The van der Waals surface area contributed by atoms with Gasteiger partial charge in [-0.1, -0.05) is 12.2 Å². The second-order valence-electron chi connectivity index (χ2n) is 7.20. The van der Waals surface area contributed by atoms with Crippen LogP contribution in [0.3, 0.4) is 0 Å². The zero-order chi connectivity index (χ0) is 16.7. The summed E-state index contributed by atoms with van der Waals surface area (Å²) < 4.78 is 25.4. The average molecular weight is 349 g/mol. The van der Waals surface area contributed by atoms with Gasteiger partial charge in [0, 0.05) is 17.9 Å². The zero-order valence-electron chi connectivity index (χ0n) is 13.6. The number of nitrogens with one attached hydrogen (secondary N) is 1. The molecule has 2 fully saturated rings. The number of anilines is 1. The zero-order valence-corrected chi connectivity index (χ0v) is 14.5. The molecule has 0 spiro atoms. The van der Waals surface area contributed by atoms with E-state index in [4.69, 9.17) is 0 Å². The van der Waals surface area contributed by atoms with Crippen LogP contribution in [0.25, 0.3) is 0 Å². The molecular formula is C17H23N3O3S. The maximum absolute atomic E-state index is 12.6. The lowest BCUT2D eigenvalue weighted by Crippen LogP contribution is -2.26. The molecule has 3 aliphatic rings. The summed E-state index contributed by atoms with van der Waals surface area (Å²) in [5.41, 5.74) is 0.984. The monoisotopic (exact) mass is 349 g/mol. The molecule has 1 aromatic rings. The lowest BCUT2D eigenvalue weighted by atomic mass is 9.94. The molecule has 2 unspecified atom stereocenters. The van der Waals surface area contributed by atoms with Crippen molar-refractivity contribution in [2.75, 3.05) is 16.8 Å². The highest BCUT2D eigenvalue weighted by molar-refractivity contribution is 7.91. The van der Waals surface area contributed by atoms with Crippen LogP contribution in [0.5, 0.6) is 0 Å². The Balaban J connectivity index is 1.56. The van der Waals surface area contributed by atoms with Gasteiger partial charge in [-0.15, -0.1) is 0 Å². The second kappa shape index (κ2) is 6.02. The van der Waals surface area contributed by atoms with Gasteiger partial charge in [0.25, 0.3) is 0 Å². The van der Waals surface area contributed by atoms with E-state index in [-0.39, 0.29) is 29.4 Å². The third kappa shape index (κ3) is 3.27. The summed E-state index contributed by atoms with van der Waals surface area (Å²) in [6.07, 6.45) is 9.57. The van der Waals surface area contributed by atoms with E-state index >= 15 is 0 Å². The Labute approximate surface area is 142 Å². The summed E-state index contributed by atoms with van der Waals surface area (Å²) in [6, 6.07) is 1.78. The van der Waals surface area contributed by atoms with Crippen LogP contribution in [0.1, 0.15) is 56.2 Å². The van der Waals surface area contributed by atoms with Gasteiger partial charge < -0.3 is 5.32 Å². The summed E-state index contributed by atoms with van der Waals surface area (Å²) in [5.74, 6) is 1.47. The van der Waals surface area contributed by atoms with E-state index in [1.54, 1.807) is 4.68 Å². The molecule has 1 N–H and O–H groups in total. The van der Waals surface area contributed by atoms with E-state index in [0.717, 1.165) is 37.8 Å². The molecule has 1 saturated heterocycles. The van der Waals surface area contributed by atoms with Crippen molar-refractivity contribution in [3.05, 3.63) is 23.9 Å². The van der Waals surface area contributed by atoms with Crippen LogP contribution >= 0.6 is 0 Å². The maximum atomic E-state index is 12.6. The van der Waals surface area contributed by atoms with Crippen molar-refractivity contribution in [3.8, 4) is 0 Å². The van der Waals surface area contributed by atoms with Crippen LogP contribution < -0.4 is 5.32 Å². The largest absolute Gasteiger partial charge is 0.311 e. The van der Waals surface area contributed by atoms with Crippen molar-refractivity contribution in [2.45, 2.75) is 50.5 Å². The van der Waals surface area contributed by atoms with E-state index < -0.39 is 9.84 Å². The van der Waals surface area contributed by atoms with Gasteiger partial charge in [0.05, 0.1) is 23.2 Å². The molecule has 2 heterocycles. The minimum Gasteiger partial charge on any atom is -0.311 e. The van der Waals surface area contributed by atoms with Crippen LogP contribution in [-0.4, -0.2) is 35.6 Å². The summed E-state index contributed by atoms with van der Waals surface area (Å²) in [6.45, 7) is 0. The van der Waals surface area contributed by atoms with Gasteiger partial charge in [0.2, 0.25) is 5.91 Å². The fourth-order valence-electron chi connectivity index (χ4n) is 3.59. The minimum atomic E-state index is -2.99. The fraction of sp³-hybridized carbons (Fsp3) is 0.647. The number of rotatable bonds is 4. The highest BCUT2D eigenvalue weighted by Gasteiger charge is 2.34. The summed E-state index contributed by atoms with van der Waals surface area (Å²) in [5, 5.41) is 7.66. The molecule has 2 atom stereocenters. The number of allylic oxidation sites excluding steroid dienone is 2. The van der Waals surface area contributed by atoms with Gasteiger partial charge in [-0.2, -0.15) is 5.10 Å². The Morgan fingerprint density at radius 3 is 2.67 bits per heavy atom. The Kier molecular flexibility index (Phi) is 3.98. The second-order valence-corrected chi connectivity index (χ2v) is 9.43. The van der Waals surface area contributed by atoms with Crippen LogP contribution in [0, 0.1) is 5.92 Å². The number of carbonyl (C=O) groups is 1. The van der Waals surface area contributed by atoms with Gasteiger partial charge in [-0.3, -0.25) is 4.79 Å². The molecular weight excluding hydrogens is 326 g/mol. The summed E-state index contributed by atoms with van der Waals surface area (Å²) in [7, 11) is -2.99. The molecule has 24 heavy (non-hydrogen) atoms.